The zero-order valence-corrected chi connectivity index (χ0v) is 10.2. The molecular formula is C12H20N2O2. The lowest BCUT2D eigenvalue weighted by molar-refractivity contribution is -0.145. The smallest absolute Gasteiger partial charge is 0.233 e. The molecule has 1 aliphatic carbocycles. The SMILES string of the molecule is CCCC(CN)N1C(=O)C2C(C1=O)C2(C)C. The maximum absolute atomic E-state index is 12.1. The van der Waals surface area contributed by atoms with E-state index in [-0.39, 0.29) is 35.1 Å². The molecule has 2 N–H and O–H groups in total. The van der Waals surface area contributed by atoms with E-state index in [9.17, 15) is 9.59 Å². The van der Waals surface area contributed by atoms with E-state index < -0.39 is 0 Å². The molecular weight excluding hydrogens is 204 g/mol. The van der Waals surface area contributed by atoms with Gasteiger partial charge in [0.25, 0.3) is 0 Å². The third-order valence-corrected chi connectivity index (χ3v) is 4.09. The monoisotopic (exact) mass is 224 g/mol. The fraction of sp³-hybridized carbons (Fsp3) is 0.833. The summed E-state index contributed by atoms with van der Waals surface area (Å²) in [5.41, 5.74) is 5.53. The van der Waals surface area contributed by atoms with Gasteiger partial charge in [0.1, 0.15) is 0 Å². The molecule has 2 fully saturated rings. The molecule has 3 unspecified atom stereocenters. The maximum atomic E-state index is 12.1. The van der Waals surface area contributed by atoms with Gasteiger partial charge in [-0.2, -0.15) is 0 Å². The molecule has 90 valence electrons. The van der Waals surface area contributed by atoms with Gasteiger partial charge in [-0.3, -0.25) is 14.5 Å². The highest BCUT2D eigenvalue weighted by atomic mass is 16.2. The Labute approximate surface area is 96.2 Å². The van der Waals surface area contributed by atoms with Crippen molar-refractivity contribution in [2.75, 3.05) is 6.54 Å². The van der Waals surface area contributed by atoms with Gasteiger partial charge in [0.15, 0.2) is 0 Å². The number of piperidine rings is 1. The quantitative estimate of drug-likeness (QED) is 0.717. The highest BCUT2D eigenvalue weighted by molar-refractivity contribution is 6.10. The maximum Gasteiger partial charge on any atom is 0.233 e. The Morgan fingerprint density at radius 3 is 2.19 bits per heavy atom. The van der Waals surface area contributed by atoms with Crippen LogP contribution in [0.15, 0.2) is 0 Å². The number of carbonyl (C=O) groups is 2. The molecule has 0 aromatic heterocycles. The third kappa shape index (κ3) is 1.32. The van der Waals surface area contributed by atoms with Crippen LogP contribution in [0.3, 0.4) is 0 Å². The molecule has 2 rings (SSSR count). The summed E-state index contributed by atoms with van der Waals surface area (Å²) in [5, 5.41) is 0. The summed E-state index contributed by atoms with van der Waals surface area (Å²) in [6.07, 6.45) is 1.76. The summed E-state index contributed by atoms with van der Waals surface area (Å²) < 4.78 is 0. The molecule has 2 amide bonds. The topological polar surface area (TPSA) is 63.4 Å². The van der Waals surface area contributed by atoms with Gasteiger partial charge in [-0.1, -0.05) is 27.2 Å². The largest absolute Gasteiger partial charge is 0.328 e. The number of nitrogens with zero attached hydrogens (tertiary/aromatic N) is 1. The molecule has 4 nitrogen and oxygen atoms in total. The van der Waals surface area contributed by atoms with Crippen molar-refractivity contribution >= 4 is 11.8 Å². The number of amides is 2. The van der Waals surface area contributed by atoms with E-state index in [1.807, 2.05) is 20.8 Å². The zero-order chi connectivity index (χ0) is 12.1. The second-order valence-corrected chi connectivity index (χ2v) is 5.50. The van der Waals surface area contributed by atoms with Gasteiger partial charge in [-0.15, -0.1) is 0 Å². The highest BCUT2D eigenvalue weighted by Gasteiger charge is 2.72. The Bertz CT molecular complexity index is 314. The van der Waals surface area contributed by atoms with Crippen LogP contribution in [0.4, 0.5) is 0 Å². The number of likely N-dealkylation sites (tertiary alicyclic amines) is 1. The van der Waals surface area contributed by atoms with Crippen LogP contribution in [-0.2, 0) is 9.59 Å². The van der Waals surface area contributed by atoms with Crippen LogP contribution in [0, 0.1) is 17.3 Å². The van der Waals surface area contributed by atoms with Gasteiger partial charge >= 0.3 is 0 Å². The van der Waals surface area contributed by atoms with Crippen molar-refractivity contribution in [2.45, 2.75) is 39.7 Å². The lowest BCUT2D eigenvalue weighted by Crippen LogP contribution is -2.47. The van der Waals surface area contributed by atoms with Crippen molar-refractivity contribution in [3.63, 3.8) is 0 Å². The number of rotatable bonds is 4. The summed E-state index contributed by atoms with van der Waals surface area (Å²) in [7, 11) is 0. The Kier molecular flexibility index (Phi) is 2.57. The Balaban J connectivity index is 2.15. The molecule has 0 aromatic rings. The van der Waals surface area contributed by atoms with Crippen LogP contribution < -0.4 is 5.73 Å². The first-order valence-electron chi connectivity index (χ1n) is 6.03. The molecule has 0 radical (unpaired) electrons. The van der Waals surface area contributed by atoms with Crippen molar-refractivity contribution in [1.82, 2.24) is 4.90 Å². The first kappa shape index (κ1) is 11.6. The minimum atomic E-state index is -0.115. The van der Waals surface area contributed by atoms with Gasteiger partial charge in [-0.25, -0.2) is 0 Å². The lowest BCUT2D eigenvalue weighted by Gasteiger charge is -2.28. The highest BCUT2D eigenvalue weighted by Crippen LogP contribution is 2.63. The minimum Gasteiger partial charge on any atom is -0.328 e. The third-order valence-electron chi connectivity index (χ3n) is 4.09. The van der Waals surface area contributed by atoms with Crippen LogP contribution in [-0.4, -0.2) is 29.3 Å². The molecule has 0 spiro atoms. The fourth-order valence-corrected chi connectivity index (χ4v) is 3.01. The van der Waals surface area contributed by atoms with E-state index in [1.54, 1.807) is 0 Å². The fourth-order valence-electron chi connectivity index (χ4n) is 3.01. The first-order chi connectivity index (χ1) is 7.46. The van der Waals surface area contributed by atoms with Crippen molar-refractivity contribution in [3.8, 4) is 0 Å². The van der Waals surface area contributed by atoms with Crippen LogP contribution in [0.5, 0.6) is 0 Å². The molecule has 3 atom stereocenters. The second-order valence-electron chi connectivity index (χ2n) is 5.50. The lowest BCUT2D eigenvalue weighted by atomic mass is 10.0. The molecule has 1 aliphatic heterocycles. The van der Waals surface area contributed by atoms with Crippen molar-refractivity contribution in [2.24, 2.45) is 23.0 Å². The summed E-state index contributed by atoms with van der Waals surface area (Å²) >= 11 is 0. The van der Waals surface area contributed by atoms with E-state index >= 15 is 0 Å². The van der Waals surface area contributed by atoms with Crippen LogP contribution in [0.1, 0.15) is 33.6 Å². The molecule has 1 saturated heterocycles. The molecule has 2 aliphatic rings. The van der Waals surface area contributed by atoms with Gasteiger partial charge < -0.3 is 5.73 Å². The van der Waals surface area contributed by atoms with Gasteiger partial charge in [0.05, 0.1) is 17.9 Å². The molecule has 0 bridgehead atoms. The van der Waals surface area contributed by atoms with E-state index in [2.05, 4.69) is 0 Å². The average Bonchev–Trinajstić information content (AvgIpc) is 2.67. The van der Waals surface area contributed by atoms with Gasteiger partial charge in [-0.05, 0) is 11.8 Å². The van der Waals surface area contributed by atoms with Gasteiger partial charge in [0.2, 0.25) is 11.8 Å². The van der Waals surface area contributed by atoms with Crippen LogP contribution in [0.2, 0.25) is 0 Å². The predicted octanol–water partition coefficient (Wildman–Crippen LogP) is 0.755. The van der Waals surface area contributed by atoms with Gasteiger partial charge in [0, 0.05) is 6.54 Å². The van der Waals surface area contributed by atoms with Crippen molar-refractivity contribution in [1.29, 1.82) is 0 Å². The Morgan fingerprint density at radius 2 is 1.81 bits per heavy atom. The number of imide groups is 1. The van der Waals surface area contributed by atoms with Crippen molar-refractivity contribution in [3.05, 3.63) is 0 Å². The summed E-state index contributed by atoms with van der Waals surface area (Å²) in [6, 6.07) is -0.0893. The number of hydrogen-bond acceptors (Lipinski definition) is 3. The summed E-state index contributed by atoms with van der Waals surface area (Å²) in [5.74, 6) is -0.149. The normalized spacial score (nSPS) is 32.9. The number of hydrogen-bond donors (Lipinski definition) is 1. The van der Waals surface area contributed by atoms with Crippen LogP contribution in [0.25, 0.3) is 0 Å². The standard InChI is InChI=1S/C12H20N2O2/c1-4-5-7(6-13)14-10(15)8-9(11(14)16)12(8,2)3/h7-9H,4-6,13H2,1-3H3. The van der Waals surface area contributed by atoms with E-state index in [1.165, 1.54) is 4.90 Å². The van der Waals surface area contributed by atoms with Crippen LogP contribution >= 0.6 is 0 Å². The molecule has 1 saturated carbocycles. The molecule has 1 heterocycles. The Morgan fingerprint density at radius 1 is 1.31 bits per heavy atom. The van der Waals surface area contributed by atoms with E-state index in [0.29, 0.717) is 6.54 Å². The van der Waals surface area contributed by atoms with E-state index in [0.717, 1.165) is 12.8 Å². The zero-order valence-electron chi connectivity index (χ0n) is 10.2. The first-order valence-corrected chi connectivity index (χ1v) is 6.03. The number of carbonyl (C=O) groups excluding carboxylic acids is 2. The Hall–Kier alpha value is -0.900. The predicted molar refractivity (Wildman–Crippen MR) is 60.4 cm³/mol. The van der Waals surface area contributed by atoms with E-state index in [4.69, 9.17) is 5.73 Å². The molecule has 4 heteroatoms. The molecule has 0 aromatic carbocycles. The number of fused-ring (bicyclic) bond motifs is 1. The summed E-state index contributed by atoms with van der Waals surface area (Å²) in [4.78, 5) is 25.6. The average molecular weight is 224 g/mol. The number of nitrogens with two attached hydrogens (primary N) is 1. The minimum absolute atomic E-state index is 0.00361. The second kappa shape index (κ2) is 3.55. The summed E-state index contributed by atoms with van der Waals surface area (Å²) in [6.45, 7) is 6.41. The molecule has 16 heavy (non-hydrogen) atoms. The van der Waals surface area contributed by atoms with Crippen molar-refractivity contribution < 1.29 is 9.59 Å².